The molecule has 2 aromatic carbocycles. The van der Waals surface area contributed by atoms with E-state index in [9.17, 15) is 10.1 Å². The normalized spacial score (nSPS) is 17.3. The number of aromatic nitrogens is 4. The second kappa shape index (κ2) is 12.7. The number of rotatable bonds is 9. The third kappa shape index (κ3) is 6.37. The van der Waals surface area contributed by atoms with Gasteiger partial charge in [0.25, 0.3) is 5.56 Å². The van der Waals surface area contributed by atoms with Crippen LogP contribution >= 0.6 is 0 Å². The molecule has 2 fully saturated rings. The Kier molecular flexibility index (Phi) is 8.74. The molecule has 2 aromatic heterocycles. The average molecular weight is 632 g/mol. The molecule has 2 saturated heterocycles. The minimum atomic E-state index is -1.31. The molecule has 4 aromatic rings. The lowest BCUT2D eigenvalue weighted by atomic mass is 10.1. The van der Waals surface area contributed by atoms with Crippen molar-refractivity contribution in [3.05, 3.63) is 64.2 Å². The van der Waals surface area contributed by atoms with Crippen LogP contribution in [0.25, 0.3) is 28.0 Å². The molecule has 0 unspecified atom stereocenters. The number of fused-ring (bicyclic) bond motifs is 2. The number of nitriles is 1. The van der Waals surface area contributed by atoms with Crippen LogP contribution in [-0.4, -0.2) is 91.7 Å². The van der Waals surface area contributed by atoms with E-state index in [1.54, 1.807) is 4.68 Å². The summed E-state index contributed by atoms with van der Waals surface area (Å²) in [4.78, 5) is 18.3. The zero-order chi connectivity index (χ0) is 31.7. The smallest absolute Gasteiger partial charge is 0.273 e. The van der Waals surface area contributed by atoms with Crippen LogP contribution in [0.4, 0.5) is 10.1 Å². The Labute approximate surface area is 262 Å². The molecular weight excluding hydrogens is 593 g/mol. The molecule has 4 heterocycles. The monoisotopic (exact) mass is 631 g/mol. The fourth-order valence-corrected chi connectivity index (χ4v) is 6.58. The molecule has 0 aliphatic carbocycles. The van der Waals surface area contributed by atoms with E-state index in [4.69, 9.17) is 19.3 Å². The lowest BCUT2D eigenvalue weighted by Crippen LogP contribution is -2.58. The summed E-state index contributed by atoms with van der Waals surface area (Å²) in [6, 6.07) is 15.4. The lowest BCUT2D eigenvalue weighted by Gasteiger charge is -2.44. The number of ether oxygens (including phenoxy) is 3. The number of hydrogen-bond donors (Lipinski definition) is 0. The van der Waals surface area contributed by atoms with Crippen molar-refractivity contribution in [3.8, 4) is 28.8 Å². The quantitative estimate of drug-likeness (QED) is 0.199. The highest BCUT2D eigenvalue weighted by atomic mass is 28.3. The van der Waals surface area contributed by atoms with Gasteiger partial charge in [-0.1, -0.05) is 31.8 Å². The average Bonchev–Trinajstić information content (AvgIpc) is 3.39. The van der Waals surface area contributed by atoms with Crippen molar-refractivity contribution in [1.29, 1.82) is 5.26 Å². The van der Waals surface area contributed by atoms with Crippen molar-refractivity contribution in [2.45, 2.75) is 38.5 Å². The van der Waals surface area contributed by atoms with Gasteiger partial charge < -0.3 is 19.1 Å². The summed E-state index contributed by atoms with van der Waals surface area (Å²) >= 11 is 0. The van der Waals surface area contributed by atoms with Gasteiger partial charge in [0.1, 0.15) is 35.4 Å². The highest BCUT2D eigenvalue weighted by Gasteiger charge is 2.30. The SMILES string of the molecule is COc1ccc(C#N)c(F)c1-n1nc2c(-c3ccc(N4CCN5CCOC[C@H]5C4)cc3)nn(COCC[Si](C)(C)C)c2cc1=O. The Morgan fingerprint density at radius 2 is 1.91 bits per heavy atom. The predicted molar refractivity (Wildman–Crippen MR) is 172 cm³/mol. The van der Waals surface area contributed by atoms with Gasteiger partial charge in [-0.3, -0.25) is 9.69 Å². The van der Waals surface area contributed by atoms with Gasteiger partial charge in [0.2, 0.25) is 0 Å². The van der Waals surface area contributed by atoms with E-state index in [1.807, 2.05) is 18.2 Å². The van der Waals surface area contributed by atoms with Crippen LogP contribution in [0.15, 0.2) is 47.3 Å². The van der Waals surface area contributed by atoms with Gasteiger partial charge in [0.15, 0.2) is 5.82 Å². The van der Waals surface area contributed by atoms with Crippen LogP contribution in [0, 0.1) is 17.1 Å². The predicted octanol–water partition coefficient (Wildman–Crippen LogP) is 4.10. The highest BCUT2D eigenvalue weighted by molar-refractivity contribution is 6.76. The second-order valence-electron chi connectivity index (χ2n) is 12.7. The van der Waals surface area contributed by atoms with Gasteiger partial charge >= 0.3 is 0 Å². The zero-order valence-corrected chi connectivity index (χ0v) is 27.1. The summed E-state index contributed by atoms with van der Waals surface area (Å²) in [6.07, 6.45) is 0. The fourth-order valence-electron chi connectivity index (χ4n) is 5.82. The van der Waals surface area contributed by atoms with Gasteiger partial charge in [0.05, 0.1) is 37.4 Å². The topological polar surface area (TPSA) is 111 Å². The first-order valence-electron chi connectivity index (χ1n) is 15.2. The van der Waals surface area contributed by atoms with Gasteiger partial charge in [-0.05, 0) is 30.3 Å². The van der Waals surface area contributed by atoms with Gasteiger partial charge in [0, 0.05) is 58.2 Å². The van der Waals surface area contributed by atoms with Crippen LogP contribution in [0.3, 0.4) is 0 Å². The number of nitrogens with zero attached hydrogens (tertiary/aromatic N) is 7. The Balaban J connectivity index is 1.39. The largest absolute Gasteiger partial charge is 0.494 e. The molecule has 45 heavy (non-hydrogen) atoms. The van der Waals surface area contributed by atoms with E-state index < -0.39 is 19.5 Å². The summed E-state index contributed by atoms with van der Waals surface area (Å²) in [7, 11) is 0.0662. The molecule has 13 heteroatoms. The van der Waals surface area contributed by atoms with Crippen molar-refractivity contribution < 1.29 is 18.6 Å². The highest BCUT2D eigenvalue weighted by Crippen LogP contribution is 2.31. The maximum absolute atomic E-state index is 15.5. The maximum atomic E-state index is 15.5. The lowest BCUT2D eigenvalue weighted by molar-refractivity contribution is -0.0116. The summed E-state index contributed by atoms with van der Waals surface area (Å²) in [5.74, 6) is -0.806. The minimum Gasteiger partial charge on any atom is -0.494 e. The Morgan fingerprint density at radius 1 is 1.11 bits per heavy atom. The molecule has 0 amide bonds. The molecule has 2 aliphatic rings. The minimum absolute atomic E-state index is 0.0805. The maximum Gasteiger partial charge on any atom is 0.273 e. The fraction of sp³-hybridized carbons (Fsp3) is 0.438. The van der Waals surface area contributed by atoms with Crippen molar-refractivity contribution in [1.82, 2.24) is 24.5 Å². The van der Waals surface area contributed by atoms with E-state index in [0.717, 1.165) is 61.4 Å². The Morgan fingerprint density at radius 3 is 2.64 bits per heavy atom. The number of hydrogen-bond acceptors (Lipinski definition) is 9. The van der Waals surface area contributed by atoms with Crippen LogP contribution < -0.4 is 15.2 Å². The number of morpholine rings is 1. The first-order valence-corrected chi connectivity index (χ1v) is 18.9. The van der Waals surface area contributed by atoms with Crippen LogP contribution in [0.2, 0.25) is 25.7 Å². The molecule has 6 rings (SSSR count). The van der Waals surface area contributed by atoms with E-state index in [1.165, 1.54) is 25.3 Å². The number of piperazine rings is 1. The summed E-state index contributed by atoms with van der Waals surface area (Å²) in [6.45, 7) is 12.9. The van der Waals surface area contributed by atoms with Crippen LogP contribution in [-0.2, 0) is 16.2 Å². The van der Waals surface area contributed by atoms with Crippen molar-refractivity contribution in [2.75, 3.05) is 58.0 Å². The summed E-state index contributed by atoms with van der Waals surface area (Å²) < 4.78 is 35.1. The Hall–Kier alpha value is -4.09. The molecule has 1 atom stereocenters. The number of methoxy groups -OCH3 is 1. The third-order valence-electron chi connectivity index (χ3n) is 8.42. The molecule has 0 radical (unpaired) electrons. The molecule has 0 N–H and O–H groups in total. The molecule has 11 nitrogen and oxygen atoms in total. The molecule has 0 bridgehead atoms. The molecular formula is C32H38FN7O4Si. The van der Waals surface area contributed by atoms with Crippen LogP contribution in [0.5, 0.6) is 5.75 Å². The number of anilines is 1. The first-order chi connectivity index (χ1) is 21.7. The molecule has 0 spiro atoms. The van der Waals surface area contributed by atoms with Crippen LogP contribution in [0.1, 0.15) is 5.56 Å². The first kappa shape index (κ1) is 30.9. The van der Waals surface area contributed by atoms with E-state index in [2.05, 4.69) is 46.7 Å². The van der Waals surface area contributed by atoms with Crippen molar-refractivity contribution in [2.24, 2.45) is 0 Å². The molecule has 236 valence electrons. The summed E-state index contributed by atoms with van der Waals surface area (Å²) in [5.41, 5.74) is 2.25. The zero-order valence-electron chi connectivity index (χ0n) is 26.1. The van der Waals surface area contributed by atoms with Crippen molar-refractivity contribution in [3.63, 3.8) is 0 Å². The number of benzene rings is 2. The van der Waals surface area contributed by atoms with Crippen molar-refractivity contribution >= 4 is 24.8 Å². The van der Waals surface area contributed by atoms with E-state index in [-0.39, 0.29) is 23.7 Å². The summed E-state index contributed by atoms with van der Waals surface area (Å²) in [5, 5.41) is 18.9. The van der Waals surface area contributed by atoms with Gasteiger partial charge in [-0.15, -0.1) is 0 Å². The number of halogens is 1. The molecule has 0 saturated carbocycles. The van der Waals surface area contributed by atoms with E-state index in [0.29, 0.717) is 29.4 Å². The van der Waals surface area contributed by atoms with Gasteiger partial charge in [-0.2, -0.15) is 20.1 Å². The Bertz CT molecular complexity index is 1800. The van der Waals surface area contributed by atoms with E-state index >= 15 is 4.39 Å². The molecule has 2 aliphatic heterocycles. The third-order valence-corrected chi connectivity index (χ3v) is 10.1. The second-order valence-corrected chi connectivity index (χ2v) is 18.3. The standard InChI is InChI=1S/C32H38FN7O4Si/c1-42-27-10-7-23(18-34)29(33)32(27)40-28(41)17-26-31(36-40)30(35-39(26)21-44-15-16-45(2,3)4)22-5-8-24(9-6-22)38-12-11-37-13-14-43-20-25(37)19-38/h5-10,17,25H,11-16,19-21H2,1-4H3/t25-/m1/s1. The van der Waals surface area contributed by atoms with Gasteiger partial charge in [-0.25, -0.2) is 9.07 Å².